The molecule has 1 aliphatic heterocycles. The van der Waals surface area contributed by atoms with Crippen LogP contribution in [0.4, 0.5) is 10.1 Å². The summed E-state index contributed by atoms with van der Waals surface area (Å²) in [6.07, 6.45) is 0. The lowest BCUT2D eigenvalue weighted by atomic mass is 10.1. The van der Waals surface area contributed by atoms with Crippen molar-refractivity contribution in [2.24, 2.45) is 0 Å². The maximum Gasteiger partial charge on any atom is 0.275 e. The highest BCUT2D eigenvalue weighted by Crippen LogP contribution is 2.17. The number of amides is 1. The van der Waals surface area contributed by atoms with Gasteiger partial charge in [0.05, 0.1) is 11.1 Å². The second kappa shape index (κ2) is 7.42. The standard InChI is InChI=1S/C21H21FN4O2/c1-15-18-4-2-3-5-19(18)21(28)26(23-15)14-20(27)25-12-10-24(11-13-25)17-8-6-16(22)7-9-17/h2-9H,10-14H2,1H3. The monoisotopic (exact) mass is 380 g/mol. The van der Waals surface area contributed by atoms with Crippen LogP contribution in [0.15, 0.2) is 53.3 Å². The van der Waals surface area contributed by atoms with Crippen molar-refractivity contribution in [1.29, 1.82) is 0 Å². The normalized spacial score (nSPS) is 14.5. The summed E-state index contributed by atoms with van der Waals surface area (Å²) in [5.74, 6) is -0.385. The molecule has 1 amide bonds. The van der Waals surface area contributed by atoms with Gasteiger partial charge in [-0.05, 0) is 37.3 Å². The highest BCUT2D eigenvalue weighted by molar-refractivity contribution is 5.83. The van der Waals surface area contributed by atoms with E-state index in [1.54, 1.807) is 23.1 Å². The zero-order chi connectivity index (χ0) is 19.7. The first-order chi connectivity index (χ1) is 13.5. The Balaban J connectivity index is 1.45. The molecule has 2 aromatic carbocycles. The number of benzene rings is 2. The lowest BCUT2D eigenvalue weighted by Crippen LogP contribution is -2.50. The minimum Gasteiger partial charge on any atom is -0.368 e. The Morgan fingerprint density at radius 2 is 1.64 bits per heavy atom. The molecular weight excluding hydrogens is 359 g/mol. The number of carbonyl (C=O) groups excluding carboxylic acids is 1. The van der Waals surface area contributed by atoms with Gasteiger partial charge >= 0.3 is 0 Å². The first kappa shape index (κ1) is 18.2. The van der Waals surface area contributed by atoms with E-state index in [0.29, 0.717) is 31.6 Å². The number of aryl methyl sites for hydroxylation is 1. The summed E-state index contributed by atoms with van der Waals surface area (Å²) in [5, 5.41) is 5.70. The summed E-state index contributed by atoms with van der Waals surface area (Å²) < 4.78 is 14.3. The van der Waals surface area contributed by atoms with Crippen LogP contribution in [0.25, 0.3) is 10.8 Å². The smallest absolute Gasteiger partial charge is 0.275 e. The highest BCUT2D eigenvalue weighted by Gasteiger charge is 2.22. The zero-order valence-corrected chi connectivity index (χ0v) is 15.6. The third-order valence-corrected chi connectivity index (χ3v) is 5.16. The minimum atomic E-state index is -0.263. The van der Waals surface area contributed by atoms with E-state index in [2.05, 4.69) is 10.00 Å². The summed E-state index contributed by atoms with van der Waals surface area (Å²) in [5.41, 5.74) is 1.42. The third-order valence-electron chi connectivity index (χ3n) is 5.16. The van der Waals surface area contributed by atoms with E-state index in [1.165, 1.54) is 16.8 Å². The second-order valence-electron chi connectivity index (χ2n) is 6.94. The number of hydrogen-bond acceptors (Lipinski definition) is 4. The molecule has 0 atom stereocenters. The molecule has 1 aliphatic rings. The lowest BCUT2D eigenvalue weighted by Gasteiger charge is -2.36. The molecule has 1 saturated heterocycles. The van der Waals surface area contributed by atoms with Crippen LogP contribution < -0.4 is 10.5 Å². The molecule has 0 spiro atoms. The number of carbonyl (C=O) groups is 1. The zero-order valence-electron chi connectivity index (χ0n) is 15.6. The Bertz CT molecular complexity index is 1070. The first-order valence-corrected chi connectivity index (χ1v) is 9.28. The predicted molar refractivity (Wildman–Crippen MR) is 106 cm³/mol. The fraction of sp³-hybridized carbons (Fsp3) is 0.286. The largest absolute Gasteiger partial charge is 0.368 e. The van der Waals surface area contributed by atoms with Crippen LogP contribution in [0.5, 0.6) is 0 Å². The van der Waals surface area contributed by atoms with E-state index < -0.39 is 0 Å². The maximum absolute atomic E-state index is 13.1. The fourth-order valence-corrected chi connectivity index (χ4v) is 3.61. The molecule has 7 heteroatoms. The molecular formula is C21H21FN4O2. The molecule has 0 radical (unpaired) electrons. The van der Waals surface area contributed by atoms with Gasteiger partial charge in [0, 0.05) is 37.3 Å². The van der Waals surface area contributed by atoms with Crippen molar-refractivity contribution >= 4 is 22.4 Å². The van der Waals surface area contributed by atoms with Gasteiger partial charge in [-0.25, -0.2) is 9.07 Å². The van der Waals surface area contributed by atoms with Crippen LogP contribution in [0.1, 0.15) is 5.69 Å². The average molecular weight is 380 g/mol. The summed E-state index contributed by atoms with van der Waals surface area (Å²) in [4.78, 5) is 29.2. The van der Waals surface area contributed by atoms with Crippen molar-refractivity contribution in [3.63, 3.8) is 0 Å². The van der Waals surface area contributed by atoms with Crippen LogP contribution in [0.2, 0.25) is 0 Å². The number of fused-ring (bicyclic) bond motifs is 1. The van der Waals surface area contributed by atoms with E-state index in [0.717, 1.165) is 16.8 Å². The van der Waals surface area contributed by atoms with Gasteiger partial charge in [-0.15, -0.1) is 0 Å². The van der Waals surface area contributed by atoms with Crippen LogP contribution in [0, 0.1) is 12.7 Å². The van der Waals surface area contributed by atoms with Gasteiger partial charge in [0.15, 0.2) is 0 Å². The molecule has 2 heterocycles. The second-order valence-corrected chi connectivity index (χ2v) is 6.94. The molecule has 0 unspecified atom stereocenters. The van der Waals surface area contributed by atoms with E-state index >= 15 is 0 Å². The molecule has 4 rings (SSSR count). The Labute approximate surface area is 161 Å². The molecule has 6 nitrogen and oxygen atoms in total. The van der Waals surface area contributed by atoms with Crippen molar-refractivity contribution < 1.29 is 9.18 Å². The molecule has 0 saturated carbocycles. The number of hydrogen-bond donors (Lipinski definition) is 0. The minimum absolute atomic E-state index is 0.0684. The molecule has 144 valence electrons. The van der Waals surface area contributed by atoms with Gasteiger partial charge in [0.25, 0.3) is 5.56 Å². The first-order valence-electron chi connectivity index (χ1n) is 9.28. The molecule has 0 N–H and O–H groups in total. The molecule has 28 heavy (non-hydrogen) atoms. The number of halogens is 1. The third kappa shape index (κ3) is 3.47. The SMILES string of the molecule is Cc1nn(CC(=O)N2CCN(c3ccc(F)cc3)CC2)c(=O)c2ccccc12. The van der Waals surface area contributed by atoms with Gasteiger partial charge < -0.3 is 9.80 Å². The van der Waals surface area contributed by atoms with Crippen molar-refractivity contribution in [3.8, 4) is 0 Å². The predicted octanol–water partition coefficient (Wildman–Crippen LogP) is 2.19. The Kier molecular flexibility index (Phi) is 4.81. The van der Waals surface area contributed by atoms with Gasteiger partial charge in [-0.3, -0.25) is 9.59 Å². The average Bonchev–Trinajstić information content (AvgIpc) is 2.72. The van der Waals surface area contributed by atoms with Crippen LogP contribution >= 0.6 is 0 Å². The summed E-state index contributed by atoms with van der Waals surface area (Å²) in [6, 6.07) is 13.7. The van der Waals surface area contributed by atoms with Crippen molar-refractivity contribution in [2.45, 2.75) is 13.5 Å². The number of rotatable bonds is 3. The summed E-state index contributed by atoms with van der Waals surface area (Å²) in [7, 11) is 0. The van der Waals surface area contributed by atoms with E-state index in [4.69, 9.17) is 0 Å². The molecule has 1 fully saturated rings. The summed E-state index contributed by atoms with van der Waals surface area (Å²) >= 11 is 0. The van der Waals surface area contributed by atoms with Crippen LogP contribution in [0.3, 0.4) is 0 Å². The topological polar surface area (TPSA) is 58.4 Å². The van der Waals surface area contributed by atoms with E-state index in [1.807, 2.05) is 25.1 Å². The molecule has 0 aliphatic carbocycles. The fourth-order valence-electron chi connectivity index (χ4n) is 3.61. The highest BCUT2D eigenvalue weighted by atomic mass is 19.1. The van der Waals surface area contributed by atoms with Gasteiger partial charge in [-0.2, -0.15) is 5.10 Å². The van der Waals surface area contributed by atoms with Gasteiger partial charge in [-0.1, -0.05) is 18.2 Å². The Morgan fingerprint density at radius 1 is 1.00 bits per heavy atom. The van der Waals surface area contributed by atoms with Crippen LogP contribution in [-0.2, 0) is 11.3 Å². The summed E-state index contributed by atoms with van der Waals surface area (Å²) in [6.45, 7) is 4.20. The van der Waals surface area contributed by atoms with E-state index in [9.17, 15) is 14.0 Å². The Morgan fingerprint density at radius 3 is 2.32 bits per heavy atom. The molecule has 1 aromatic heterocycles. The van der Waals surface area contributed by atoms with Crippen molar-refractivity contribution in [2.75, 3.05) is 31.1 Å². The number of nitrogens with zero attached hydrogens (tertiary/aromatic N) is 4. The number of piperazine rings is 1. The van der Waals surface area contributed by atoms with E-state index in [-0.39, 0.29) is 23.8 Å². The van der Waals surface area contributed by atoms with Crippen LogP contribution in [-0.4, -0.2) is 46.8 Å². The lowest BCUT2D eigenvalue weighted by molar-refractivity contribution is -0.132. The van der Waals surface area contributed by atoms with Gasteiger partial charge in [0.2, 0.25) is 5.91 Å². The number of anilines is 1. The Hall–Kier alpha value is -3.22. The van der Waals surface area contributed by atoms with Crippen molar-refractivity contribution in [3.05, 3.63) is 70.4 Å². The quantitative estimate of drug-likeness (QED) is 0.699. The molecule has 0 bridgehead atoms. The molecule has 3 aromatic rings. The van der Waals surface area contributed by atoms with Gasteiger partial charge in [0.1, 0.15) is 12.4 Å². The number of aromatic nitrogens is 2. The van der Waals surface area contributed by atoms with Crippen molar-refractivity contribution in [1.82, 2.24) is 14.7 Å². The maximum atomic E-state index is 13.1.